The molecule has 0 amide bonds. The van der Waals surface area contributed by atoms with E-state index in [4.69, 9.17) is 5.11 Å². The molecule has 0 atom stereocenters. The molecule has 5 nitrogen and oxygen atoms in total. The predicted octanol–water partition coefficient (Wildman–Crippen LogP) is 3.04. The van der Waals surface area contributed by atoms with Crippen LogP contribution >= 0.6 is 0 Å². The van der Waals surface area contributed by atoms with E-state index in [1.165, 1.54) is 11.6 Å². The van der Waals surface area contributed by atoms with E-state index < -0.39 is 5.97 Å². The number of benzene rings is 1. The third-order valence-electron chi connectivity index (χ3n) is 2.71. The van der Waals surface area contributed by atoms with Crippen molar-refractivity contribution in [2.75, 3.05) is 5.32 Å². The van der Waals surface area contributed by atoms with Crippen LogP contribution in [0.2, 0.25) is 0 Å². The summed E-state index contributed by atoms with van der Waals surface area (Å²) in [6.07, 6.45) is 0. The van der Waals surface area contributed by atoms with Crippen LogP contribution in [0.15, 0.2) is 36.4 Å². The van der Waals surface area contributed by atoms with Crippen molar-refractivity contribution in [3.05, 3.63) is 47.7 Å². The number of aromatic nitrogens is 2. The van der Waals surface area contributed by atoms with Crippen molar-refractivity contribution < 1.29 is 9.90 Å². The van der Waals surface area contributed by atoms with Crippen LogP contribution in [-0.4, -0.2) is 21.3 Å². The van der Waals surface area contributed by atoms with E-state index in [1.54, 1.807) is 6.07 Å². The number of carboxylic acids is 1. The van der Waals surface area contributed by atoms with Crippen molar-refractivity contribution in [3.63, 3.8) is 0 Å². The van der Waals surface area contributed by atoms with Crippen LogP contribution in [-0.2, 0) is 0 Å². The van der Waals surface area contributed by atoms with Crippen molar-refractivity contribution in [3.8, 4) is 0 Å². The minimum Gasteiger partial charge on any atom is -0.476 e. The monoisotopic (exact) mass is 257 g/mol. The molecule has 19 heavy (non-hydrogen) atoms. The molecular weight excluding hydrogens is 242 g/mol. The summed E-state index contributed by atoms with van der Waals surface area (Å²) in [5.41, 5.74) is 2.06. The van der Waals surface area contributed by atoms with Gasteiger partial charge in [0.15, 0.2) is 11.5 Å². The Labute approximate surface area is 111 Å². The summed E-state index contributed by atoms with van der Waals surface area (Å²) in [4.78, 5) is 10.7. The van der Waals surface area contributed by atoms with Gasteiger partial charge in [-0.05, 0) is 35.7 Å². The molecule has 1 heterocycles. The zero-order valence-electron chi connectivity index (χ0n) is 10.8. The van der Waals surface area contributed by atoms with Crippen LogP contribution in [0.4, 0.5) is 11.5 Å². The molecule has 0 bridgehead atoms. The van der Waals surface area contributed by atoms with Crippen LogP contribution in [0.25, 0.3) is 0 Å². The highest BCUT2D eigenvalue weighted by Crippen LogP contribution is 2.20. The molecule has 5 heteroatoms. The van der Waals surface area contributed by atoms with Gasteiger partial charge in [0, 0.05) is 5.69 Å². The number of hydrogen-bond donors (Lipinski definition) is 2. The molecule has 0 fully saturated rings. The average Bonchev–Trinajstić information content (AvgIpc) is 2.39. The van der Waals surface area contributed by atoms with Gasteiger partial charge in [0.1, 0.15) is 0 Å². The molecule has 0 unspecified atom stereocenters. The molecule has 0 radical (unpaired) electrons. The fourth-order valence-electron chi connectivity index (χ4n) is 1.64. The molecule has 0 spiro atoms. The lowest BCUT2D eigenvalue weighted by Gasteiger charge is -2.09. The van der Waals surface area contributed by atoms with E-state index in [-0.39, 0.29) is 5.69 Å². The molecule has 1 aromatic heterocycles. The second-order valence-electron chi connectivity index (χ2n) is 4.51. The lowest BCUT2D eigenvalue weighted by molar-refractivity contribution is 0.0689. The van der Waals surface area contributed by atoms with E-state index in [0.717, 1.165) is 5.69 Å². The summed E-state index contributed by atoms with van der Waals surface area (Å²) < 4.78 is 0. The molecule has 0 saturated heterocycles. The van der Waals surface area contributed by atoms with Crippen LogP contribution in [0.3, 0.4) is 0 Å². The first-order chi connectivity index (χ1) is 9.06. The largest absolute Gasteiger partial charge is 0.476 e. The minimum atomic E-state index is -1.08. The van der Waals surface area contributed by atoms with Crippen LogP contribution in [0, 0.1) is 0 Å². The molecule has 1 aromatic carbocycles. The third kappa shape index (κ3) is 3.28. The van der Waals surface area contributed by atoms with Gasteiger partial charge < -0.3 is 10.4 Å². The summed E-state index contributed by atoms with van der Waals surface area (Å²) in [5.74, 6) is -0.117. The molecule has 0 saturated carbocycles. The Hall–Kier alpha value is -2.43. The number of rotatable bonds is 4. The van der Waals surface area contributed by atoms with Crippen LogP contribution in [0.1, 0.15) is 35.8 Å². The first-order valence-electron chi connectivity index (χ1n) is 6.00. The maximum Gasteiger partial charge on any atom is 0.356 e. The number of hydrogen-bond acceptors (Lipinski definition) is 4. The Kier molecular flexibility index (Phi) is 3.75. The molecular formula is C14H15N3O2. The quantitative estimate of drug-likeness (QED) is 0.880. The van der Waals surface area contributed by atoms with Crippen molar-refractivity contribution in [2.24, 2.45) is 0 Å². The summed E-state index contributed by atoms with van der Waals surface area (Å²) in [5, 5.41) is 19.3. The minimum absolute atomic E-state index is 0.0681. The summed E-state index contributed by atoms with van der Waals surface area (Å²) in [7, 11) is 0. The summed E-state index contributed by atoms with van der Waals surface area (Å²) in [6, 6.07) is 11.0. The maximum absolute atomic E-state index is 10.7. The molecule has 2 aromatic rings. The number of carboxylic acid groups (broad SMARTS) is 1. The summed E-state index contributed by atoms with van der Waals surface area (Å²) in [6.45, 7) is 4.25. The number of anilines is 2. The van der Waals surface area contributed by atoms with E-state index in [1.807, 2.05) is 18.2 Å². The van der Waals surface area contributed by atoms with Crippen molar-refractivity contribution in [1.29, 1.82) is 0 Å². The van der Waals surface area contributed by atoms with Gasteiger partial charge in [-0.3, -0.25) is 0 Å². The topological polar surface area (TPSA) is 75.1 Å². The number of aromatic carboxylic acids is 1. The number of carbonyl (C=O) groups is 1. The van der Waals surface area contributed by atoms with Gasteiger partial charge in [-0.2, -0.15) is 0 Å². The lowest BCUT2D eigenvalue weighted by atomic mass is 10.0. The Balaban J connectivity index is 2.16. The molecule has 2 N–H and O–H groups in total. The van der Waals surface area contributed by atoms with Crippen molar-refractivity contribution in [1.82, 2.24) is 10.2 Å². The van der Waals surface area contributed by atoms with E-state index in [2.05, 4.69) is 35.4 Å². The zero-order valence-corrected chi connectivity index (χ0v) is 10.8. The standard InChI is InChI=1S/C14H15N3O2/c1-9(2)10-4-3-5-11(8-10)15-13-7-6-12(14(18)19)16-17-13/h3-9H,1-2H3,(H,15,17)(H,18,19). The highest BCUT2D eigenvalue weighted by molar-refractivity contribution is 5.85. The average molecular weight is 257 g/mol. The zero-order chi connectivity index (χ0) is 13.8. The van der Waals surface area contributed by atoms with Gasteiger partial charge in [-0.1, -0.05) is 26.0 Å². The third-order valence-corrected chi connectivity index (χ3v) is 2.71. The first kappa shape index (κ1) is 13.0. The number of nitrogens with zero attached hydrogens (tertiary/aromatic N) is 2. The first-order valence-corrected chi connectivity index (χ1v) is 6.00. The van der Waals surface area contributed by atoms with Crippen molar-refractivity contribution >= 4 is 17.5 Å². The van der Waals surface area contributed by atoms with E-state index in [9.17, 15) is 4.79 Å². The Morgan fingerprint density at radius 1 is 1.21 bits per heavy atom. The molecule has 0 aliphatic heterocycles. The Morgan fingerprint density at radius 3 is 2.58 bits per heavy atom. The van der Waals surface area contributed by atoms with Gasteiger partial charge in [0.05, 0.1) is 0 Å². The lowest BCUT2D eigenvalue weighted by Crippen LogP contribution is -2.03. The summed E-state index contributed by atoms with van der Waals surface area (Å²) >= 11 is 0. The fraction of sp³-hybridized carbons (Fsp3) is 0.214. The smallest absolute Gasteiger partial charge is 0.356 e. The molecule has 0 aliphatic rings. The number of nitrogens with one attached hydrogen (secondary N) is 1. The van der Waals surface area contributed by atoms with E-state index in [0.29, 0.717) is 11.7 Å². The van der Waals surface area contributed by atoms with Crippen LogP contribution in [0.5, 0.6) is 0 Å². The highest BCUT2D eigenvalue weighted by atomic mass is 16.4. The van der Waals surface area contributed by atoms with Crippen molar-refractivity contribution in [2.45, 2.75) is 19.8 Å². The predicted molar refractivity (Wildman–Crippen MR) is 72.8 cm³/mol. The normalized spacial score (nSPS) is 10.5. The Morgan fingerprint density at radius 2 is 2.00 bits per heavy atom. The van der Waals surface area contributed by atoms with Gasteiger partial charge in [0.2, 0.25) is 0 Å². The SMILES string of the molecule is CC(C)c1cccc(Nc2ccc(C(=O)O)nn2)c1. The van der Waals surface area contributed by atoms with Gasteiger partial charge in [-0.15, -0.1) is 10.2 Å². The second-order valence-corrected chi connectivity index (χ2v) is 4.51. The maximum atomic E-state index is 10.7. The van der Waals surface area contributed by atoms with Gasteiger partial charge >= 0.3 is 5.97 Å². The van der Waals surface area contributed by atoms with Gasteiger partial charge in [-0.25, -0.2) is 4.79 Å². The highest BCUT2D eigenvalue weighted by Gasteiger charge is 2.05. The van der Waals surface area contributed by atoms with E-state index >= 15 is 0 Å². The van der Waals surface area contributed by atoms with Crippen LogP contribution < -0.4 is 5.32 Å². The molecule has 98 valence electrons. The fourth-order valence-corrected chi connectivity index (χ4v) is 1.64. The molecule has 0 aliphatic carbocycles. The second kappa shape index (κ2) is 5.48. The Bertz CT molecular complexity index is 579. The molecule has 2 rings (SSSR count). The van der Waals surface area contributed by atoms with Gasteiger partial charge in [0.25, 0.3) is 0 Å².